The van der Waals surface area contributed by atoms with Crippen molar-refractivity contribution in [1.82, 2.24) is 30.2 Å². The Morgan fingerprint density at radius 2 is 1.75 bits per heavy atom. The predicted molar refractivity (Wildman–Crippen MR) is 144 cm³/mol. The minimum Gasteiger partial charge on any atom is -0.339 e. The van der Waals surface area contributed by atoms with E-state index >= 15 is 8.78 Å². The minimum absolute atomic E-state index is 0.189. The molecule has 3 saturated carbocycles. The molecule has 11 heteroatoms. The van der Waals surface area contributed by atoms with Crippen molar-refractivity contribution < 1.29 is 22.5 Å². The normalized spacial score (nSPS) is 33.6. The van der Waals surface area contributed by atoms with Crippen LogP contribution in [0.4, 0.5) is 18.0 Å². The third-order valence-corrected chi connectivity index (χ3v) is 10.6. The molecule has 6 rings (SSSR count). The number of hydrogen-bond donors (Lipinski definition) is 1. The zero-order valence-corrected chi connectivity index (χ0v) is 24.2. The highest BCUT2D eigenvalue weighted by molar-refractivity contribution is 5.75. The van der Waals surface area contributed by atoms with E-state index in [0.717, 1.165) is 32.5 Å². The third-order valence-electron chi connectivity index (χ3n) is 10.6. The number of hydrogen-bond acceptors (Lipinski definition) is 6. The second-order valence-electron chi connectivity index (χ2n) is 14.0. The zero-order valence-electron chi connectivity index (χ0n) is 24.2. The van der Waals surface area contributed by atoms with Gasteiger partial charge in [0, 0.05) is 56.6 Å². The molecule has 2 aliphatic heterocycles. The average Bonchev–Trinajstić information content (AvgIpc) is 3.78. The number of piperidine rings is 2. The highest BCUT2D eigenvalue weighted by atomic mass is 19.3. The molecule has 0 aromatic carbocycles. The van der Waals surface area contributed by atoms with Gasteiger partial charge in [-0.3, -0.25) is 4.90 Å². The topological polar surface area (TPSA) is 77.7 Å². The van der Waals surface area contributed by atoms with E-state index < -0.39 is 29.6 Å². The molecule has 224 valence electrons. The number of halogens is 3. The summed E-state index contributed by atoms with van der Waals surface area (Å²) in [6.07, 6.45) is 6.21. The lowest BCUT2D eigenvalue weighted by molar-refractivity contribution is -0.0961. The number of likely N-dealkylation sites (tertiary alicyclic amines) is 2. The Morgan fingerprint density at radius 1 is 1.07 bits per heavy atom. The SMILES string of the molecule is CN(CC1(C)CC1)C1CCN([C@H]2CCCC(F)(F)[C@@H]2NC(=O)N2CCC(C)(c3noc([C@@H]4C[C@@H]4F)n3)CC2)CC1. The van der Waals surface area contributed by atoms with Crippen molar-refractivity contribution in [3.05, 3.63) is 11.7 Å². The van der Waals surface area contributed by atoms with E-state index in [1.807, 2.05) is 6.92 Å². The second kappa shape index (κ2) is 10.4. The Kier molecular flexibility index (Phi) is 7.37. The van der Waals surface area contributed by atoms with Gasteiger partial charge < -0.3 is 19.6 Å². The van der Waals surface area contributed by atoms with Crippen LogP contribution in [0.5, 0.6) is 0 Å². The number of amides is 2. The summed E-state index contributed by atoms with van der Waals surface area (Å²) in [5.41, 5.74) is 0.0631. The maximum atomic E-state index is 15.3. The van der Waals surface area contributed by atoms with E-state index in [0.29, 0.717) is 68.4 Å². The number of carbonyl (C=O) groups excluding carboxylic acids is 1. The summed E-state index contributed by atoms with van der Waals surface area (Å²) >= 11 is 0. The minimum atomic E-state index is -2.94. The van der Waals surface area contributed by atoms with Crippen molar-refractivity contribution in [2.45, 2.75) is 120 Å². The Labute approximate surface area is 235 Å². The Balaban J connectivity index is 1.04. The molecule has 1 aromatic heterocycles. The van der Waals surface area contributed by atoms with Gasteiger partial charge in [0.25, 0.3) is 5.92 Å². The van der Waals surface area contributed by atoms with Crippen LogP contribution in [-0.2, 0) is 5.41 Å². The Bertz CT molecular complexity index is 1060. The summed E-state index contributed by atoms with van der Waals surface area (Å²) < 4.78 is 49.4. The van der Waals surface area contributed by atoms with Crippen molar-refractivity contribution in [3.63, 3.8) is 0 Å². The van der Waals surface area contributed by atoms with Crippen molar-refractivity contribution in [1.29, 1.82) is 0 Å². The molecule has 40 heavy (non-hydrogen) atoms. The standard InChI is InChI=1S/C29H45F3N6O2/c1-27(9-10-27)18-36(3)19-6-13-37(14-7-19)22-5-4-8-29(31,32)23(22)33-26(39)38-15-11-28(2,12-16-38)25-34-24(40-35-25)20-17-21(20)30/h19-23H,4-18H2,1-3H3,(H,33,39)/t20-,21+,22+,23-/m1/s1. The van der Waals surface area contributed by atoms with Crippen molar-refractivity contribution >= 4 is 6.03 Å². The molecule has 8 nitrogen and oxygen atoms in total. The molecule has 0 bridgehead atoms. The fraction of sp³-hybridized carbons (Fsp3) is 0.897. The number of rotatable bonds is 7. The fourth-order valence-corrected chi connectivity index (χ4v) is 7.21. The first kappa shape index (κ1) is 28.2. The smallest absolute Gasteiger partial charge is 0.317 e. The second-order valence-corrected chi connectivity index (χ2v) is 14.0. The first-order valence-electron chi connectivity index (χ1n) is 15.3. The van der Waals surface area contributed by atoms with Crippen LogP contribution < -0.4 is 5.32 Å². The molecule has 1 aromatic rings. The van der Waals surface area contributed by atoms with Crippen LogP contribution in [0, 0.1) is 5.41 Å². The van der Waals surface area contributed by atoms with Crippen LogP contribution in [-0.4, -0.2) is 101 Å². The lowest BCUT2D eigenvalue weighted by Crippen LogP contribution is -2.65. The van der Waals surface area contributed by atoms with Gasteiger partial charge >= 0.3 is 6.03 Å². The van der Waals surface area contributed by atoms with Gasteiger partial charge in [0.1, 0.15) is 12.2 Å². The summed E-state index contributed by atoms with van der Waals surface area (Å²) in [7, 11) is 2.20. The molecule has 0 spiro atoms. The van der Waals surface area contributed by atoms with E-state index in [-0.39, 0.29) is 18.4 Å². The molecule has 3 aliphatic carbocycles. The maximum absolute atomic E-state index is 15.3. The fourth-order valence-electron chi connectivity index (χ4n) is 7.21. The predicted octanol–water partition coefficient (Wildman–Crippen LogP) is 4.71. The molecule has 1 N–H and O–H groups in total. The lowest BCUT2D eigenvalue weighted by Gasteiger charge is -2.48. The van der Waals surface area contributed by atoms with Gasteiger partial charge in [-0.15, -0.1) is 0 Å². The Morgan fingerprint density at radius 3 is 2.38 bits per heavy atom. The lowest BCUT2D eigenvalue weighted by atomic mass is 9.79. The van der Waals surface area contributed by atoms with Crippen LogP contribution in [0.1, 0.15) is 95.7 Å². The maximum Gasteiger partial charge on any atom is 0.317 e. The summed E-state index contributed by atoms with van der Waals surface area (Å²) in [5, 5.41) is 6.90. The number of aromatic nitrogens is 2. The van der Waals surface area contributed by atoms with Gasteiger partial charge in [0.15, 0.2) is 5.82 Å². The van der Waals surface area contributed by atoms with E-state index in [1.165, 1.54) is 12.8 Å². The summed E-state index contributed by atoms with van der Waals surface area (Å²) in [4.78, 5) is 24.1. The molecule has 0 radical (unpaired) electrons. The third kappa shape index (κ3) is 5.74. The van der Waals surface area contributed by atoms with Crippen molar-refractivity contribution in [3.8, 4) is 0 Å². The van der Waals surface area contributed by atoms with Crippen LogP contribution in [0.25, 0.3) is 0 Å². The van der Waals surface area contributed by atoms with Gasteiger partial charge in [-0.05, 0) is 70.3 Å². The van der Waals surface area contributed by atoms with Gasteiger partial charge in [-0.2, -0.15) is 4.98 Å². The molecule has 2 saturated heterocycles. The van der Waals surface area contributed by atoms with Gasteiger partial charge in [-0.25, -0.2) is 18.0 Å². The first-order valence-corrected chi connectivity index (χ1v) is 15.3. The largest absolute Gasteiger partial charge is 0.339 e. The summed E-state index contributed by atoms with van der Waals surface area (Å²) in [6, 6.07) is -1.47. The summed E-state index contributed by atoms with van der Waals surface area (Å²) in [6.45, 7) is 7.89. The van der Waals surface area contributed by atoms with Crippen molar-refractivity contribution in [2.75, 3.05) is 39.8 Å². The molecular weight excluding hydrogens is 521 g/mol. The average molecular weight is 567 g/mol. The number of nitrogens with one attached hydrogen (secondary N) is 1. The monoisotopic (exact) mass is 566 g/mol. The van der Waals surface area contributed by atoms with E-state index in [9.17, 15) is 9.18 Å². The van der Waals surface area contributed by atoms with E-state index in [1.54, 1.807) is 4.90 Å². The molecular formula is C29H45F3N6O2. The van der Waals surface area contributed by atoms with E-state index in [4.69, 9.17) is 4.52 Å². The van der Waals surface area contributed by atoms with Crippen LogP contribution in [0.3, 0.4) is 0 Å². The number of nitrogens with zero attached hydrogens (tertiary/aromatic N) is 5. The highest BCUT2D eigenvalue weighted by Crippen LogP contribution is 2.46. The molecule has 0 unspecified atom stereocenters. The Hall–Kier alpha value is -1.88. The molecule has 2 amide bonds. The molecule has 5 fully saturated rings. The molecule has 4 atom stereocenters. The van der Waals surface area contributed by atoms with Crippen molar-refractivity contribution in [2.24, 2.45) is 5.41 Å². The number of urea groups is 1. The summed E-state index contributed by atoms with van der Waals surface area (Å²) in [5.74, 6) is -2.34. The quantitative estimate of drug-likeness (QED) is 0.515. The first-order chi connectivity index (χ1) is 19.0. The number of alkyl halides is 3. The molecule has 3 heterocycles. The van der Waals surface area contributed by atoms with Crippen LogP contribution >= 0.6 is 0 Å². The van der Waals surface area contributed by atoms with Gasteiger partial charge in [0.2, 0.25) is 5.89 Å². The van der Waals surface area contributed by atoms with E-state index in [2.05, 4.69) is 39.2 Å². The van der Waals surface area contributed by atoms with Crippen LogP contribution in [0.2, 0.25) is 0 Å². The van der Waals surface area contributed by atoms with Gasteiger partial charge in [0.05, 0.1) is 5.92 Å². The zero-order chi connectivity index (χ0) is 28.3. The highest BCUT2D eigenvalue weighted by Gasteiger charge is 2.51. The number of carbonyl (C=O) groups is 1. The van der Waals surface area contributed by atoms with Gasteiger partial charge in [-0.1, -0.05) is 19.0 Å². The van der Waals surface area contributed by atoms with Crippen LogP contribution in [0.15, 0.2) is 4.52 Å². The molecule has 5 aliphatic rings.